The van der Waals surface area contributed by atoms with Crippen molar-refractivity contribution in [2.45, 2.75) is 25.3 Å². The fraction of sp³-hybridized carbons (Fsp3) is 0.267. The van der Waals surface area contributed by atoms with Crippen molar-refractivity contribution in [3.8, 4) is 11.4 Å². The van der Waals surface area contributed by atoms with E-state index in [4.69, 9.17) is 0 Å². The lowest BCUT2D eigenvalue weighted by atomic mass is 10.1. The molecule has 3 aromatic rings. The summed E-state index contributed by atoms with van der Waals surface area (Å²) in [6, 6.07) is 8.25. The summed E-state index contributed by atoms with van der Waals surface area (Å²) in [6.07, 6.45) is 6.08. The summed E-state index contributed by atoms with van der Waals surface area (Å²) in [5.41, 5.74) is 2.30. The highest BCUT2D eigenvalue weighted by Gasteiger charge is 2.27. The van der Waals surface area contributed by atoms with Gasteiger partial charge in [-0.05, 0) is 18.4 Å². The molecule has 0 radical (unpaired) electrons. The molecule has 6 heteroatoms. The van der Waals surface area contributed by atoms with Gasteiger partial charge in [-0.15, -0.1) is 0 Å². The van der Waals surface area contributed by atoms with Crippen LogP contribution in [0.15, 0.2) is 36.7 Å². The first-order valence-electron chi connectivity index (χ1n) is 7.05. The molecule has 1 aliphatic carbocycles. The summed E-state index contributed by atoms with van der Waals surface area (Å²) in [4.78, 5) is 12.0. The maximum Gasteiger partial charge on any atom is 0.202 e. The highest BCUT2D eigenvalue weighted by Crippen LogP contribution is 2.39. The van der Waals surface area contributed by atoms with Gasteiger partial charge in [0.15, 0.2) is 0 Å². The van der Waals surface area contributed by atoms with E-state index in [-0.39, 0.29) is 0 Å². The summed E-state index contributed by atoms with van der Waals surface area (Å²) in [6.45, 7) is 0.718. The first kappa shape index (κ1) is 12.5. The number of aromatic nitrogens is 4. The summed E-state index contributed by atoms with van der Waals surface area (Å²) in [5, 5.41) is 4.26. The summed E-state index contributed by atoms with van der Waals surface area (Å²) < 4.78 is 4.41. The highest BCUT2D eigenvalue weighted by molar-refractivity contribution is 7.09. The van der Waals surface area contributed by atoms with Crippen LogP contribution in [0.25, 0.3) is 11.4 Å². The monoisotopic (exact) mass is 297 g/mol. The largest absolute Gasteiger partial charge is 0.356 e. The van der Waals surface area contributed by atoms with Gasteiger partial charge < -0.3 is 10.3 Å². The fourth-order valence-corrected chi connectivity index (χ4v) is 2.94. The molecule has 0 saturated heterocycles. The molecule has 21 heavy (non-hydrogen) atoms. The van der Waals surface area contributed by atoms with Crippen LogP contribution in [0, 0.1) is 0 Å². The van der Waals surface area contributed by atoms with Gasteiger partial charge in [-0.1, -0.05) is 24.3 Å². The molecule has 0 atom stereocenters. The Balaban J connectivity index is 1.51. The van der Waals surface area contributed by atoms with Crippen molar-refractivity contribution in [2.75, 3.05) is 5.32 Å². The van der Waals surface area contributed by atoms with Crippen molar-refractivity contribution in [3.63, 3.8) is 0 Å². The van der Waals surface area contributed by atoms with Crippen LogP contribution in [0.2, 0.25) is 0 Å². The number of H-pyrrole nitrogens is 1. The number of rotatable bonds is 5. The zero-order chi connectivity index (χ0) is 14.1. The second-order valence-electron chi connectivity index (χ2n) is 5.18. The van der Waals surface area contributed by atoms with Crippen LogP contribution in [0.1, 0.15) is 30.1 Å². The standard InChI is InChI=1S/C15H15N5S/c1-2-4-12(14-16-7-8-17-14)11(3-1)9-18-15-19-13(20-21-15)10-5-6-10/h1-4,7-8,10H,5-6,9H2,(H,16,17)(H,18,19,20). The lowest BCUT2D eigenvalue weighted by Gasteiger charge is -2.07. The van der Waals surface area contributed by atoms with Gasteiger partial charge in [0.05, 0.1) is 0 Å². The summed E-state index contributed by atoms with van der Waals surface area (Å²) >= 11 is 1.44. The van der Waals surface area contributed by atoms with Crippen LogP contribution in [0.4, 0.5) is 5.13 Å². The first-order chi connectivity index (χ1) is 10.4. The molecule has 0 amide bonds. The van der Waals surface area contributed by atoms with Crippen LogP contribution >= 0.6 is 11.5 Å². The SMILES string of the molecule is c1ccc(-c2ncc[nH]2)c(CNc2nc(C3CC3)ns2)c1. The molecule has 2 aromatic heterocycles. The number of anilines is 1. The maximum absolute atomic E-state index is 4.55. The van der Waals surface area contributed by atoms with E-state index < -0.39 is 0 Å². The Morgan fingerprint density at radius 1 is 1.29 bits per heavy atom. The van der Waals surface area contributed by atoms with Gasteiger partial charge in [0.2, 0.25) is 5.13 Å². The van der Waals surface area contributed by atoms with Gasteiger partial charge in [0, 0.05) is 42.0 Å². The van der Waals surface area contributed by atoms with Crippen molar-refractivity contribution in [2.24, 2.45) is 0 Å². The number of imidazole rings is 1. The number of nitrogens with one attached hydrogen (secondary N) is 2. The minimum absolute atomic E-state index is 0.604. The highest BCUT2D eigenvalue weighted by atomic mass is 32.1. The molecule has 0 aliphatic heterocycles. The van der Waals surface area contributed by atoms with Crippen LogP contribution in [-0.4, -0.2) is 19.3 Å². The van der Waals surface area contributed by atoms with Crippen LogP contribution < -0.4 is 5.32 Å². The van der Waals surface area contributed by atoms with Gasteiger partial charge in [-0.2, -0.15) is 4.37 Å². The van der Waals surface area contributed by atoms with Gasteiger partial charge >= 0.3 is 0 Å². The molecule has 106 valence electrons. The number of hydrogen-bond acceptors (Lipinski definition) is 5. The lowest BCUT2D eigenvalue weighted by Crippen LogP contribution is -2.01. The normalized spacial score (nSPS) is 14.3. The summed E-state index contributed by atoms with van der Waals surface area (Å²) in [7, 11) is 0. The van der Waals surface area contributed by atoms with Crippen LogP contribution in [-0.2, 0) is 6.54 Å². The molecule has 2 heterocycles. The average molecular weight is 297 g/mol. The van der Waals surface area contributed by atoms with E-state index in [9.17, 15) is 0 Å². The number of hydrogen-bond donors (Lipinski definition) is 2. The molecular formula is C15H15N5S. The van der Waals surface area contributed by atoms with Gasteiger partial charge in [0.25, 0.3) is 0 Å². The minimum atomic E-state index is 0.604. The van der Waals surface area contributed by atoms with Gasteiger partial charge in [-0.25, -0.2) is 9.97 Å². The number of aromatic amines is 1. The van der Waals surface area contributed by atoms with Crippen molar-refractivity contribution in [1.82, 2.24) is 19.3 Å². The van der Waals surface area contributed by atoms with E-state index in [1.165, 1.54) is 29.9 Å². The van der Waals surface area contributed by atoms with Crippen molar-refractivity contribution in [3.05, 3.63) is 48.0 Å². The Bertz CT molecular complexity index is 730. The Hall–Kier alpha value is -2.21. The Kier molecular flexibility index (Phi) is 3.16. The minimum Gasteiger partial charge on any atom is -0.356 e. The van der Waals surface area contributed by atoms with E-state index in [1.807, 2.05) is 18.3 Å². The Morgan fingerprint density at radius 2 is 2.19 bits per heavy atom. The average Bonchev–Trinajstić information content (AvgIpc) is 3.04. The topological polar surface area (TPSA) is 66.5 Å². The molecule has 0 unspecified atom stereocenters. The number of benzene rings is 1. The van der Waals surface area contributed by atoms with Gasteiger partial charge in [0.1, 0.15) is 11.6 Å². The molecule has 2 N–H and O–H groups in total. The van der Waals surface area contributed by atoms with Crippen molar-refractivity contribution < 1.29 is 0 Å². The lowest BCUT2D eigenvalue weighted by molar-refractivity contribution is 0.980. The zero-order valence-electron chi connectivity index (χ0n) is 11.4. The number of nitrogens with zero attached hydrogens (tertiary/aromatic N) is 3. The van der Waals surface area contributed by atoms with Crippen molar-refractivity contribution in [1.29, 1.82) is 0 Å². The zero-order valence-corrected chi connectivity index (χ0v) is 12.2. The molecule has 1 aliphatic rings. The second-order valence-corrected chi connectivity index (χ2v) is 5.93. The molecule has 0 bridgehead atoms. The van der Waals surface area contributed by atoms with E-state index >= 15 is 0 Å². The molecule has 1 fully saturated rings. The fourth-order valence-electron chi connectivity index (χ4n) is 2.30. The van der Waals surface area contributed by atoms with E-state index in [2.05, 4.69) is 36.8 Å². The second kappa shape index (κ2) is 5.29. The quantitative estimate of drug-likeness (QED) is 0.757. The molecular weight excluding hydrogens is 282 g/mol. The molecule has 4 rings (SSSR count). The predicted molar refractivity (Wildman–Crippen MR) is 83.2 cm³/mol. The smallest absolute Gasteiger partial charge is 0.202 e. The Labute approximate surface area is 126 Å². The third kappa shape index (κ3) is 2.67. The molecule has 5 nitrogen and oxygen atoms in total. The first-order valence-corrected chi connectivity index (χ1v) is 7.82. The molecule has 1 aromatic carbocycles. The van der Waals surface area contributed by atoms with Crippen LogP contribution in [0.5, 0.6) is 0 Å². The third-order valence-corrected chi connectivity index (χ3v) is 4.27. The van der Waals surface area contributed by atoms with Crippen LogP contribution in [0.3, 0.4) is 0 Å². The Morgan fingerprint density at radius 3 is 3.00 bits per heavy atom. The van der Waals surface area contributed by atoms with Crippen molar-refractivity contribution >= 4 is 16.7 Å². The van der Waals surface area contributed by atoms with E-state index in [0.29, 0.717) is 5.92 Å². The third-order valence-electron chi connectivity index (χ3n) is 3.59. The van der Waals surface area contributed by atoms with E-state index in [0.717, 1.165) is 28.9 Å². The summed E-state index contributed by atoms with van der Waals surface area (Å²) in [5.74, 6) is 2.50. The molecule has 1 saturated carbocycles. The van der Waals surface area contributed by atoms with Gasteiger partial charge in [-0.3, -0.25) is 0 Å². The van der Waals surface area contributed by atoms with E-state index in [1.54, 1.807) is 6.20 Å². The predicted octanol–water partition coefficient (Wildman–Crippen LogP) is 3.42. The molecule has 0 spiro atoms. The maximum atomic E-state index is 4.55.